The van der Waals surface area contributed by atoms with Gasteiger partial charge < -0.3 is 4.98 Å². The lowest BCUT2D eigenvalue weighted by Gasteiger charge is -2.02. The van der Waals surface area contributed by atoms with Crippen LogP contribution in [0.1, 0.15) is 5.69 Å². The fourth-order valence-corrected chi connectivity index (χ4v) is 5.14. The Hall–Kier alpha value is -2.68. The summed E-state index contributed by atoms with van der Waals surface area (Å²) in [4.78, 5) is 27.4. The molecule has 0 saturated heterocycles. The van der Waals surface area contributed by atoms with Gasteiger partial charge in [-0.3, -0.25) is 9.20 Å². The zero-order valence-electron chi connectivity index (χ0n) is 14.5. The highest BCUT2D eigenvalue weighted by Crippen LogP contribution is 2.37. The van der Waals surface area contributed by atoms with Crippen molar-refractivity contribution in [2.45, 2.75) is 10.9 Å². The number of hydrogen-bond donors (Lipinski definition) is 1. The number of thioether (sulfide) groups is 1. The van der Waals surface area contributed by atoms with Crippen LogP contribution >= 0.6 is 34.4 Å². The Labute approximate surface area is 172 Å². The molecule has 0 fully saturated rings. The maximum atomic E-state index is 12.3. The molecule has 0 atom stereocenters. The maximum Gasteiger partial charge on any atom is 0.258 e. The first-order valence-electron chi connectivity index (χ1n) is 8.56. The van der Waals surface area contributed by atoms with Crippen LogP contribution in [0.15, 0.2) is 75.4 Å². The van der Waals surface area contributed by atoms with E-state index in [2.05, 4.69) is 32.9 Å². The van der Waals surface area contributed by atoms with Gasteiger partial charge in [-0.05, 0) is 35.0 Å². The molecule has 0 amide bonds. The second kappa shape index (κ2) is 7.38. The van der Waals surface area contributed by atoms with Crippen LogP contribution in [0.4, 0.5) is 0 Å². The van der Waals surface area contributed by atoms with Gasteiger partial charge in [-0.2, -0.15) is 0 Å². The van der Waals surface area contributed by atoms with E-state index in [9.17, 15) is 4.79 Å². The average molecular weight is 423 g/mol. The normalized spacial score (nSPS) is 11.3. The number of H-pyrrole nitrogens is 1. The van der Waals surface area contributed by atoms with E-state index in [1.54, 1.807) is 51.1 Å². The molecule has 138 valence electrons. The first-order chi connectivity index (χ1) is 13.8. The van der Waals surface area contributed by atoms with Crippen LogP contribution in [0.2, 0.25) is 0 Å². The first kappa shape index (κ1) is 17.4. The van der Waals surface area contributed by atoms with E-state index in [1.165, 1.54) is 0 Å². The molecule has 5 nitrogen and oxygen atoms in total. The Kier molecular flexibility index (Phi) is 4.59. The molecular formula is C20H14N4OS3. The Morgan fingerprint density at radius 2 is 1.82 bits per heavy atom. The molecule has 5 heterocycles. The monoisotopic (exact) mass is 422 g/mol. The smallest absolute Gasteiger partial charge is 0.258 e. The molecule has 0 aliphatic carbocycles. The van der Waals surface area contributed by atoms with E-state index in [4.69, 9.17) is 4.98 Å². The molecule has 28 heavy (non-hydrogen) atoms. The van der Waals surface area contributed by atoms with Crippen molar-refractivity contribution < 1.29 is 0 Å². The number of imidazole rings is 1. The molecular weight excluding hydrogens is 408 g/mol. The Bertz CT molecular complexity index is 1240. The average Bonchev–Trinajstić information content (AvgIpc) is 3.47. The summed E-state index contributed by atoms with van der Waals surface area (Å²) in [5.74, 6) is 0.571. The molecule has 0 bridgehead atoms. The molecule has 5 rings (SSSR count). The van der Waals surface area contributed by atoms with Crippen molar-refractivity contribution in [1.29, 1.82) is 0 Å². The zero-order chi connectivity index (χ0) is 18.9. The minimum Gasteiger partial charge on any atom is -0.332 e. The highest BCUT2D eigenvalue weighted by Gasteiger charge is 2.16. The summed E-state index contributed by atoms with van der Waals surface area (Å²) in [5, 5.41) is 4.94. The predicted molar refractivity (Wildman–Crippen MR) is 116 cm³/mol. The minimum atomic E-state index is -0.0702. The van der Waals surface area contributed by atoms with Crippen LogP contribution in [0.5, 0.6) is 0 Å². The maximum absolute atomic E-state index is 12.3. The van der Waals surface area contributed by atoms with Gasteiger partial charge in [0.1, 0.15) is 11.3 Å². The number of rotatable bonds is 5. The van der Waals surface area contributed by atoms with Crippen molar-refractivity contribution in [3.63, 3.8) is 0 Å². The van der Waals surface area contributed by atoms with Gasteiger partial charge in [0.05, 0.1) is 21.1 Å². The summed E-state index contributed by atoms with van der Waals surface area (Å²) in [6.45, 7) is 0. The molecule has 5 aromatic rings. The minimum absolute atomic E-state index is 0.0702. The molecule has 0 radical (unpaired) electrons. The fraction of sp³-hybridized carbons (Fsp3) is 0.0500. The summed E-state index contributed by atoms with van der Waals surface area (Å²) < 4.78 is 1.55. The Morgan fingerprint density at radius 3 is 2.61 bits per heavy atom. The summed E-state index contributed by atoms with van der Waals surface area (Å²) in [6.07, 6.45) is 1.73. The topological polar surface area (TPSA) is 63.0 Å². The largest absolute Gasteiger partial charge is 0.332 e. The van der Waals surface area contributed by atoms with Crippen LogP contribution in [-0.2, 0) is 5.75 Å². The molecule has 8 heteroatoms. The number of thiophene rings is 2. The lowest BCUT2D eigenvalue weighted by molar-refractivity contribution is 1.01. The van der Waals surface area contributed by atoms with Crippen LogP contribution in [0.25, 0.3) is 26.8 Å². The van der Waals surface area contributed by atoms with Gasteiger partial charge >= 0.3 is 0 Å². The SMILES string of the molecule is O=c1cc(CSc2nc(-c3cccs3)c(-c3cccs3)[nH]2)nc2ccccn12. The van der Waals surface area contributed by atoms with Crippen molar-refractivity contribution in [3.8, 4) is 21.1 Å². The van der Waals surface area contributed by atoms with Crippen LogP contribution in [0.3, 0.4) is 0 Å². The summed E-state index contributed by atoms with van der Waals surface area (Å²) in [7, 11) is 0. The molecule has 0 saturated carbocycles. The van der Waals surface area contributed by atoms with Crippen molar-refractivity contribution in [2.75, 3.05) is 0 Å². The van der Waals surface area contributed by atoms with Crippen molar-refractivity contribution in [1.82, 2.24) is 19.4 Å². The highest BCUT2D eigenvalue weighted by molar-refractivity contribution is 7.98. The standard InChI is InChI=1S/C20H14N4OS3/c25-17-11-13(21-16-7-1-2-8-24(16)17)12-28-20-22-18(14-5-3-9-26-14)19(23-20)15-6-4-10-27-15/h1-11H,12H2,(H,22,23). The van der Waals surface area contributed by atoms with Gasteiger partial charge in [-0.15, -0.1) is 22.7 Å². The van der Waals surface area contributed by atoms with Gasteiger partial charge in [0, 0.05) is 18.0 Å². The molecule has 5 aromatic heterocycles. The number of aromatic nitrogens is 4. The number of nitrogens with zero attached hydrogens (tertiary/aromatic N) is 3. The number of fused-ring (bicyclic) bond motifs is 1. The first-order valence-corrected chi connectivity index (χ1v) is 11.3. The molecule has 0 aliphatic heterocycles. The third-order valence-electron chi connectivity index (χ3n) is 4.19. The van der Waals surface area contributed by atoms with E-state index in [0.717, 1.165) is 32.0 Å². The van der Waals surface area contributed by atoms with Gasteiger partial charge in [-0.25, -0.2) is 9.97 Å². The number of nitrogens with one attached hydrogen (secondary N) is 1. The van der Waals surface area contributed by atoms with Crippen LogP contribution in [0, 0.1) is 0 Å². The lowest BCUT2D eigenvalue weighted by Crippen LogP contribution is -2.14. The highest BCUT2D eigenvalue weighted by atomic mass is 32.2. The van der Waals surface area contributed by atoms with Crippen molar-refractivity contribution in [3.05, 3.63) is 81.5 Å². The molecule has 0 aliphatic rings. The Balaban J connectivity index is 1.46. The van der Waals surface area contributed by atoms with E-state index in [-0.39, 0.29) is 5.56 Å². The molecule has 1 N–H and O–H groups in total. The third-order valence-corrected chi connectivity index (χ3v) is 6.86. The van der Waals surface area contributed by atoms with Crippen LogP contribution < -0.4 is 5.56 Å². The van der Waals surface area contributed by atoms with Gasteiger partial charge in [0.2, 0.25) is 0 Å². The number of hydrogen-bond acceptors (Lipinski definition) is 6. The predicted octanol–water partition coefficient (Wildman–Crippen LogP) is 5.17. The summed E-state index contributed by atoms with van der Waals surface area (Å²) in [5.41, 5.74) is 3.33. The fourth-order valence-electron chi connectivity index (χ4n) is 2.93. The Morgan fingerprint density at radius 1 is 1.00 bits per heavy atom. The van der Waals surface area contributed by atoms with Crippen molar-refractivity contribution >= 4 is 40.1 Å². The second-order valence-corrected chi connectivity index (χ2v) is 8.88. The van der Waals surface area contributed by atoms with Gasteiger partial charge in [0.15, 0.2) is 5.16 Å². The second-order valence-electron chi connectivity index (χ2n) is 6.02. The zero-order valence-corrected chi connectivity index (χ0v) is 17.0. The van der Waals surface area contributed by atoms with E-state index in [1.807, 2.05) is 30.3 Å². The molecule has 0 spiro atoms. The molecule has 0 unspecified atom stereocenters. The van der Waals surface area contributed by atoms with Crippen molar-refractivity contribution in [2.24, 2.45) is 0 Å². The molecule has 0 aromatic carbocycles. The lowest BCUT2D eigenvalue weighted by atomic mass is 10.2. The van der Waals surface area contributed by atoms with E-state index >= 15 is 0 Å². The summed E-state index contributed by atoms with van der Waals surface area (Å²) >= 11 is 4.91. The van der Waals surface area contributed by atoms with Gasteiger partial charge in [0.25, 0.3) is 5.56 Å². The van der Waals surface area contributed by atoms with Gasteiger partial charge in [-0.1, -0.05) is 30.0 Å². The van der Waals surface area contributed by atoms with E-state index in [0.29, 0.717) is 11.4 Å². The number of pyridine rings is 1. The third kappa shape index (κ3) is 3.30. The number of aromatic amines is 1. The van der Waals surface area contributed by atoms with Crippen LogP contribution in [-0.4, -0.2) is 19.4 Å². The van der Waals surface area contributed by atoms with E-state index < -0.39 is 0 Å². The summed E-state index contributed by atoms with van der Waals surface area (Å²) in [6, 6.07) is 15.4. The quantitative estimate of drug-likeness (QED) is 0.397.